The first-order valence-corrected chi connectivity index (χ1v) is 11.7. The number of amides is 1. The lowest BCUT2D eigenvalue weighted by Gasteiger charge is -2.35. The molecule has 9 nitrogen and oxygen atoms in total. The number of carbonyl (C=O) groups is 1. The van der Waals surface area contributed by atoms with E-state index < -0.39 is 11.7 Å². The van der Waals surface area contributed by atoms with Gasteiger partial charge in [0.25, 0.3) is 5.56 Å². The number of anilines is 1. The van der Waals surface area contributed by atoms with Crippen LogP contribution in [-0.2, 0) is 17.5 Å². The molecule has 1 unspecified atom stereocenters. The lowest BCUT2D eigenvalue weighted by Crippen LogP contribution is -2.50. The van der Waals surface area contributed by atoms with E-state index in [1.807, 2.05) is 13.0 Å². The standard InChI is InChI=1S/C22H23BrF3N7O2/c1-13(27-12-18-17-9-15(23)2-3-16(17)20(35)31-30-18)8-19(34)32-4-6-33(7-5-32)21-28-10-14(11-29-21)22(24,25)26/h2-3,9-11,13,27H,4-8,12H2,1H3,(H,31,35). The van der Waals surface area contributed by atoms with E-state index >= 15 is 0 Å². The summed E-state index contributed by atoms with van der Waals surface area (Å²) >= 11 is 3.41. The van der Waals surface area contributed by atoms with Gasteiger partial charge in [0, 0.05) is 67.4 Å². The van der Waals surface area contributed by atoms with Crippen LogP contribution >= 0.6 is 15.9 Å². The number of aromatic nitrogens is 4. The Balaban J connectivity index is 1.28. The highest BCUT2D eigenvalue weighted by Crippen LogP contribution is 2.28. The molecule has 1 amide bonds. The van der Waals surface area contributed by atoms with Crippen molar-refractivity contribution in [2.75, 3.05) is 31.1 Å². The first-order valence-electron chi connectivity index (χ1n) is 10.9. The quantitative estimate of drug-likeness (QED) is 0.483. The molecule has 0 spiro atoms. The van der Waals surface area contributed by atoms with E-state index in [1.165, 1.54) is 0 Å². The molecule has 0 radical (unpaired) electrons. The zero-order chi connectivity index (χ0) is 25.2. The van der Waals surface area contributed by atoms with Gasteiger partial charge in [0.1, 0.15) is 0 Å². The van der Waals surface area contributed by atoms with Crippen LogP contribution in [-0.4, -0.2) is 63.2 Å². The van der Waals surface area contributed by atoms with Gasteiger partial charge < -0.3 is 15.1 Å². The molecule has 3 heterocycles. The fourth-order valence-electron chi connectivity index (χ4n) is 3.85. The number of piperazine rings is 1. The number of aromatic amines is 1. The van der Waals surface area contributed by atoms with Crippen molar-refractivity contribution in [2.45, 2.75) is 32.1 Å². The van der Waals surface area contributed by atoms with Gasteiger partial charge in [0.15, 0.2) is 0 Å². The molecule has 3 aromatic rings. The molecule has 2 aromatic heterocycles. The first-order chi connectivity index (χ1) is 16.6. The summed E-state index contributed by atoms with van der Waals surface area (Å²) in [4.78, 5) is 35.9. The fraction of sp³-hybridized carbons (Fsp3) is 0.409. The van der Waals surface area contributed by atoms with Crippen molar-refractivity contribution in [3.8, 4) is 0 Å². The van der Waals surface area contributed by atoms with Crippen LogP contribution in [0.15, 0.2) is 39.9 Å². The highest BCUT2D eigenvalue weighted by Gasteiger charge is 2.32. The van der Waals surface area contributed by atoms with Gasteiger partial charge in [-0.05, 0) is 25.1 Å². The molecule has 2 N–H and O–H groups in total. The van der Waals surface area contributed by atoms with Crippen molar-refractivity contribution in [3.05, 3.63) is 56.7 Å². The second-order valence-corrected chi connectivity index (χ2v) is 9.23. The van der Waals surface area contributed by atoms with E-state index in [2.05, 4.69) is 41.4 Å². The van der Waals surface area contributed by atoms with E-state index in [9.17, 15) is 22.8 Å². The molecule has 13 heteroatoms. The summed E-state index contributed by atoms with van der Waals surface area (Å²) in [6.07, 6.45) is -2.67. The summed E-state index contributed by atoms with van der Waals surface area (Å²) in [7, 11) is 0. The SMILES string of the molecule is CC(CC(=O)N1CCN(c2ncc(C(F)(F)F)cn2)CC1)NCc1n[nH]c(=O)c2ccc(Br)cc12. The van der Waals surface area contributed by atoms with Crippen molar-refractivity contribution < 1.29 is 18.0 Å². The Hall–Kier alpha value is -3.06. The molecule has 1 aliphatic rings. The van der Waals surface area contributed by atoms with Crippen LogP contribution < -0.4 is 15.8 Å². The first kappa shape index (κ1) is 25.0. The maximum atomic E-state index is 12.8. The molecule has 4 rings (SSSR count). The molecular formula is C22H23BrF3N7O2. The number of hydrogen-bond acceptors (Lipinski definition) is 7. The Kier molecular flexibility index (Phi) is 7.36. The summed E-state index contributed by atoms with van der Waals surface area (Å²) in [6, 6.07) is 5.21. The molecule has 1 fully saturated rings. The van der Waals surface area contributed by atoms with Crippen molar-refractivity contribution in [1.82, 2.24) is 30.4 Å². The number of alkyl halides is 3. The monoisotopic (exact) mass is 553 g/mol. The van der Waals surface area contributed by atoms with Gasteiger partial charge in [-0.1, -0.05) is 15.9 Å². The molecule has 0 aliphatic carbocycles. The molecule has 1 aliphatic heterocycles. The van der Waals surface area contributed by atoms with Gasteiger partial charge in [-0.2, -0.15) is 18.3 Å². The van der Waals surface area contributed by atoms with Crippen molar-refractivity contribution in [3.63, 3.8) is 0 Å². The van der Waals surface area contributed by atoms with Crippen LogP contribution in [0.3, 0.4) is 0 Å². The van der Waals surface area contributed by atoms with Gasteiger partial charge in [-0.15, -0.1) is 0 Å². The van der Waals surface area contributed by atoms with Crippen LogP contribution in [0, 0.1) is 0 Å². The van der Waals surface area contributed by atoms with Gasteiger partial charge in [0.2, 0.25) is 11.9 Å². The molecule has 186 valence electrons. The smallest absolute Gasteiger partial charge is 0.339 e. The maximum absolute atomic E-state index is 12.8. The Morgan fingerprint density at radius 3 is 2.51 bits per heavy atom. The summed E-state index contributed by atoms with van der Waals surface area (Å²) in [6.45, 7) is 3.99. The third-order valence-corrected chi connectivity index (χ3v) is 6.30. The second kappa shape index (κ2) is 10.3. The minimum Gasteiger partial charge on any atom is -0.339 e. The van der Waals surface area contributed by atoms with E-state index in [4.69, 9.17) is 0 Å². The normalized spacial score (nSPS) is 15.5. The van der Waals surface area contributed by atoms with Crippen LogP contribution in [0.2, 0.25) is 0 Å². The van der Waals surface area contributed by atoms with Crippen molar-refractivity contribution >= 4 is 38.6 Å². The summed E-state index contributed by atoms with van der Waals surface area (Å²) in [5, 5.41) is 11.2. The van der Waals surface area contributed by atoms with Crippen LogP contribution in [0.25, 0.3) is 10.8 Å². The average molecular weight is 554 g/mol. The second-order valence-electron chi connectivity index (χ2n) is 8.31. The number of fused-ring (bicyclic) bond motifs is 1. The van der Waals surface area contributed by atoms with Crippen molar-refractivity contribution in [1.29, 1.82) is 0 Å². The van der Waals surface area contributed by atoms with Crippen LogP contribution in [0.4, 0.5) is 19.1 Å². The van der Waals surface area contributed by atoms with E-state index in [0.29, 0.717) is 43.8 Å². The van der Waals surface area contributed by atoms with Gasteiger partial charge in [-0.25, -0.2) is 15.1 Å². The molecular weight excluding hydrogens is 531 g/mol. The Bertz CT molecular complexity index is 1260. The third-order valence-electron chi connectivity index (χ3n) is 5.81. The molecule has 1 atom stereocenters. The number of carbonyl (C=O) groups excluding carboxylic acids is 1. The summed E-state index contributed by atoms with van der Waals surface area (Å²) in [5.74, 6) is 0.187. The molecule has 1 saturated heterocycles. The number of rotatable bonds is 6. The minimum absolute atomic E-state index is 0.0278. The van der Waals surface area contributed by atoms with Crippen molar-refractivity contribution in [2.24, 2.45) is 0 Å². The summed E-state index contributed by atoms with van der Waals surface area (Å²) < 4.78 is 38.9. The molecule has 1 aromatic carbocycles. The number of nitrogens with one attached hydrogen (secondary N) is 2. The average Bonchev–Trinajstić information content (AvgIpc) is 2.83. The predicted molar refractivity (Wildman–Crippen MR) is 127 cm³/mol. The number of H-pyrrole nitrogens is 1. The number of benzene rings is 1. The Labute approximate surface area is 206 Å². The highest BCUT2D eigenvalue weighted by atomic mass is 79.9. The number of halogens is 4. The van der Waals surface area contributed by atoms with Gasteiger partial charge >= 0.3 is 6.18 Å². The Morgan fingerprint density at radius 2 is 1.86 bits per heavy atom. The highest BCUT2D eigenvalue weighted by molar-refractivity contribution is 9.10. The minimum atomic E-state index is -4.48. The molecule has 35 heavy (non-hydrogen) atoms. The molecule has 0 saturated carbocycles. The lowest BCUT2D eigenvalue weighted by molar-refractivity contribution is -0.138. The largest absolute Gasteiger partial charge is 0.419 e. The topological polar surface area (TPSA) is 107 Å². The zero-order valence-corrected chi connectivity index (χ0v) is 20.4. The number of nitrogens with zero attached hydrogens (tertiary/aromatic N) is 5. The van der Waals surface area contributed by atoms with Gasteiger partial charge in [0.05, 0.1) is 16.6 Å². The molecule has 0 bridgehead atoms. The lowest BCUT2D eigenvalue weighted by atomic mass is 10.1. The maximum Gasteiger partial charge on any atom is 0.419 e. The van der Waals surface area contributed by atoms with E-state index in [0.717, 1.165) is 22.3 Å². The van der Waals surface area contributed by atoms with E-state index in [1.54, 1.807) is 21.9 Å². The van der Waals surface area contributed by atoms with Gasteiger partial charge in [-0.3, -0.25) is 9.59 Å². The van der Waals surface area contributed by atoms with Crippen LogP contribution in [0.5, 0.6) is 0 Å². The fourth-order valence-corrected chi connectivity index (χ4v) is 4.21. The summed E-state index contributed by atoms with van der Waals surface area (Å²) in [5.41, 5.74) is -0.486. The Morgan fingerprint density at radius 1 is 1.17 bits per heavy atom. The van der Waals surface area contributed by atoms with E-state index in [-0.39, 0.29) is 29.9 Å². The zero-order valence-electron chi connectivity index (χ0n) is 18.8. The predicted octanol–water partition coefficient (Wildman–Crippen LogP) is 2.71. The third kappa shape index (κ3) is 5.96. The number of hydrogen-bond donors (Lipinski definition) is 2. The van der Waals surface area contributed by atoms with Crippen LogP contribution in [0.1, 0.15) is 24.6 Å².